The summed E-state index contributed by atoms with van der Waals surface area (Å²) in [6.45, 7) is 0. The molecule has 0 bridgehead atoms. The van der Waals surface area contributed by atoms with Gasteiger partial charge in [-0.1, -0.05) is 200 Å². The topological polar surface area (TPSA) is 3.24 Å². The molecular weight excluding hydrogens is 711 g/mol. The Bertz CT molecular complexity index is 3070. The van der Waals surface area contributed by atoms with Crippen LogP contribution in [0, 0.1) is 0 Å². The van der Waals surface area contributed by atoms with Crippen molar-refractivity contribution < 1.29 is 0 Å². The molecule has 1 spiro atoms. The van der Waals surface area contributed by atoms with Crippen LogP contribution in [0.4, 0.5) is 17.1 Å². The predicted octanol–water partition coefficient (Wildman–Crippen LogP) is 14.5. The van der Waals surface area contributed by atoms with E-state index in [9.17, 15) is 0 Å². The average molecular weight is 750 g/mol. The lowest BCUT2D eigenvalue weighted by Crippen LogP contribution is -2.44. The number of anilines is 3. The van der Waals surface area contributed by atoms with Gasteiger partial charge in [0.15, 0.2) is 0 Å². The molecule has 1 nitrogen and oxygen atoms in total. The zero-order chi connectivity index (χ0) is 39.0. The average Bonchev–Trinajstić information content (AvgIpc) is 3.60. The smallest absolute Gasteiger partial charge is 0.0720 e. The molecule has 0 aliphatic heterocycles. The van der Waals surface area contributed by atoms with Crippen LogP contribution in [0.3, 0.4) is 0 Å². The Morgan fingerprint density at radius 2 is 0.610 bits per heavy atom. The zero-order valence-corrected chi connectivity index (χ0v) is 32.5. The third-order valence-corrected chi connectivity index (χ3v) is 13.2. The highest BCUT2D eigenvalue weighted by molar-refractivity contribution is 5.95. The first kappa shape index (κ1) is 33.6. The molecule has 0 amide bonds. The summed E-state index contributed by atoms with van der Waals surface area (Å²) in [7, 11) is 0. The molecule has 0 unspecified atom stereocenters. The summed E-state index contributed by atoms with van der Waals surface area (Å²) in [4.78, 5) is 2.45. The van der Waals surface area contributed by atoms with E-state index in [4.69, 9.17) is 0 Å². The van der Waals surface area contributed by atoms with Crippen molar-refractivity contribution in [3.63, 3.8) is 0 Å². The summed E-state index contributed by atoms with van der Waals surface area (Å²) >= 11 is 0. The Hall–Kier alpha value is -7.48. The molecule has 0 atom stereocenters. The second kappa shape index (κ2) is 13.0. The Balaban J connectivity index is 1.18. The van der Waals surface area contributed by atoms with Gasteiger partial charge in [0.2, 0.25) is 0 Å². The van der Waals surface area contributed by atoms with Gasteiger partial charge in [0, 0.05) is 17.1 Å². The van der Waals surface area contributed by atoms with Crippen LogP contribution in [-0.4, -0.2) is 0 Å². The summed E-state index contributed by atoms with van der Waals surface area (Å²) in [6, 6.07) is 88.3. The molecule has 59 heavy (non-hydrogen) atoms. The van der Waals surface area contributed by atoms with Crippen molar-refractivity contribution in [1.82, 2.24) is 0 Å². The summed E-state index contributed by atoms with van der Waals surface area (Å²) in [6.07, 6.45) is 0. The van der Waals surface area contributed by atoms with Gasteiger partial charge in [-0.05, 0) is 114 Å². The molecule has 12 rings (SSSR count). The second-order valence-corrected chi connectivity index (χ2v) is 16.0. The molecule has 0 heterocycles. The van der Waals surface area contributed by atoms with Gasteiger partial charge in [0.25, 0.3) is 0 Å². The van der Waals surface area contributed by atoms with Crippen molar-refractivity contribution in [2.45, 2.75) is 10.8 Å². The van der Waals surface area contributed by atoms with Gasteiger partial charge in [0.1, 0.15) is 0 Å². The van der Waals surface area contributed by atoms with Gasteiger partial charge < -0.3 is 4.90 Å². The minimum absolute atomic E-state index is 0.543. The van der Waals surface area contributed by atoms with Crippen LogP contribution in [0.15, 0.2) is 237 Å². The van der Waals surface area contributed by atoms with Crippen molar-refractivity contribution in [1.29, 1.82) is 0 Å². The van der Waals surface area contributed by atoms with E-state index >= 15 is 0 Å². The molecule has 0 saturated carbocycles. The highest BCUT2D eigenvalue weighted by atomic mass is 15.1. The molecule has 0 N–H and O–H groups in total. The normalized spacial score (nSPS) is 14.0. The van der Waals surface area contributed by atoms with Gasteiger partial charge in [-0.3, -0.25) is 0 Å². The van der Waals surface area contributed by atoms with Gasteiger partial charge in [0.05, 0.1) is 10.8 Å². The molecule has 2 aliphatic carbocycles. The third-order valence-electron chi connectivity index (χ3n) is 13.2. The number of fused-ring (bicyclic) bond motifs is 11. The van der Waals surface area contributed by atoms with Crippen LogP contribution in [0.5, 0.6) is 0 Å². The van der Waals surface area contributed by atoms with Crippen molar-refractivity contribution in [2.75, 3.05) is 4.90 Å². The standard InChI is InChI=1S/C58H39N/c1-3-21-44(22-4-1)57(45-23-5-2-6-24-45)52-27-13-15-29-54(52)58(55-30-16-14-28-53(55)57)51-26-12-11-25-49(51)50-36-35-48(39-56(50)58)59(46-33-31-40-17-7-9-19-42(40)37-46)47-34-32-41-18-8-10-20-43(41)38-47/h1-39H. The van der Waals surface area contributed by atoms with E-state index in [1.54, 1.807) is 0 Å². The van der Waals surface area contributed by atoms with Gasteiger partial charge in [-0.2, -0.15) is 0 Å². The maximum atomic E-state index is 2.51. The molecular formula is C58H39N. The van der Waals surface area contributed by atoms with Gasteiger partial charge >= 0.3 is 0 Å². The van der Waals surface area contributed by atoms with Crippen molar-refractivity contribution >= 4 is 38.6 Å². The first-order valence-corrected chi connectivity index (χ1v) is 20.6. The van der Waals surface area contributed by atoms with E-state index in [0.717, 1.165) is 17.1 Å². The van der Waals surface area contributed by atoms with E-state index in [-0.39, 0.29) is 0 Å². The highest BCUT2D eigenvalue weighted by Crippen LogP contribution is 2.65. The fourth-order valence-electron chi connectivity index (χ4n) is 10.8. The van der Waals surface area contributed by atoms with Gasteiger partial charge in [-0.15, -0.1) is 0 Å². The highest BCUT2D eigenvalue weighted by Gasteiger charge is 2.56. The lowest BCUT2D eigenvalue weighted by molar-refractivity contribution is 0.623. The van der Waals surface area contributed by atoms with Crippen LogP contribution in [-0.2, 0) is 10.8 Å². The first-order chi connectivity index (χ1) is 29.3. The summed E-state index contributed by atoms with van der Waals surface area (Å²) in [5.41, 5.74) is 15.2. The molecule has 1 heteroatoms. The quantitative estimate of drug-likeness (QED) is 0.169. The number of hydrogen-bond donors (Lipinski definition) is 0. The number of nitrogens with zero attached hydrogens (tertiary/aromatic N) is 1. The maximum absolute atomic E-state index is 2.51. The van der Waals surface area contributed by atoms with Crippen LogP contribution in [0.1, 0.15) is 44.5 Å². The molecule has 10 aromatic carbocycles. The third kappa shape index (κ3) is 4.73. The lowest BCUT2D eigenvalue weighted by atomic mass is 9.51. The van der Waals surface area contributed by atoms with E-state index in [1.807, 2.05) is 0 Å². The molecule has 0 saturated heterocycles. The minimum Gasteiger partial charge on any atom is -0.310 e. The maximum Gasteiger partial charge on any atom is 0.0720 e. The van der Waals surface area contributed by atoms with Crippen LogP contribution in [0.2, 0.25) is 0 Å². The van der Waals surface area contributed by atoms with Crippen molar-refractivity contribution in [3.05, 3.63) is 281 Å². The van der Waals surface area contributed by atoms with E-state index in [1.165, 1.54) is 77.2 Å². The summed E-state index contributed by atoms with van der Waals surface area (Å²) in [5, 5.41) is 4.89. The monoisotopic (exact) mass is 749 g/mol. The summed E-state index contributed by atoms with van der Waals surface area (Å²) < 4.78 is 0. The first-order valence-electron chi connectivity index (χ1n) is 20.6. The van der Waals surface area contributed by atoms with Crippen molar-refractivity contribution in [2.24, 2.45) is 0 Å². The number of benzene rings is 10. The Labute approximate surface area is 345 Å². The molecule has 0 fully saturated rings. The molecule has 0 aromatic heterocycles. The number of hydrogen-bond acceptors (Lipinski definition) is 1. The molecule has 2 aliphatic rings. The summed E-state index contributed by atoms with van der Waals surface area (Å²) in [5.74, 6) is 0. The van der Waals surface area contributed by atoms with E-state index in [0.29, 0.717) is 0 Å². The SMILES string of the molecule is c1ccc(C2(c3ccccc3)c3ccccc3C3(c4ccccc4-c4ccc(N(c5ccc6ccccc6c5)c5ccc6ccccc6c5)cc43)c3ccccc32)cc1. The fourth-order valence-corrected chi connectivity index (χ4v) is 10.8. The minimum atomic E-state index is -0.583. The van der Waals surface area contributed by atoms with Crippen LogP contribution < -0.4 is 4.90 Å². The van der Waals surface area contributed by atoms with Gasteiger partial charge in [-0.25, -0.2) is 0 Å². The largest absolute Gasteiger partial charge is 0.310 e. The zero-order valence-electron chi connectivity index (χ0n) is 32.5. The second-order valence-electron chi connectivity index (χ2n) is 16.0. The lowest BCUT2D eigenvalue weighted by Gasteiger charge is -2.50. The Morgan fingerprint density at radius 3 is 1.14 bits per heavy atom. The van der Waals surface area contributed by atoms with E-state index < -0.39 is 10.8 Å². The predicted molar refractivity (Wildman–Crippen MR) is 245 cm³/mol. The molecule has 10 aromatic rings. The van der Waals surface area contributed by atoms with Crippen LogP contribution in [0.25, 0.3) is 32.7 Å². The Kier molecular flexibility index (Phi) is 7.43. The Morgan fingerprint density at radius 1 is 0.237 bits per heavy atom. The molecule has 0 radical (unpaired) electrons. The number of rotatable bonds is 5. The van der Waals surface area contributed by atoms with Crippen LogP contribution >= 0.6 is 0 Å². The molecule has 276 valence electrons. The van der Waals surface area contributed by atoms with Crippen molar-refractivity contribution in [3.8, 4) is 11.1 Å². The fraction of sp³-hybridized carbons (Fsp3) is 0.0345. The van der Waals surface area contributed by atoms with E-state index in [2.05, 4.69) is 241 Å².